The van der Waals surface area contributed by atoms with Gasteiger partial charge in [0.2, 0.25) is 0 Å². The summed E-state index contributed by atoms with van der Waals surface area (Å²) in [5.41, 5.74) is 8.37. The maximum Gasteiger partial charge on any atom is 0.160 e. The largest absolute Gasteiger partial charge is 0.488 e. The van der Waals surface area contributed by atoms with Gasteiger partial charge in [-0.15, -0.1) is 0 Å². The van der Waals surface area contributed by atoms with Crippen LogP contribution in [0.15, 0.2) is 158 Å². The topological polar surface area (TPSA) is 60.8 Å². The maximum absolute atomic E-state index is 6.22. The molecule has 0 unspecified atom stereocenters. The van der Waals surface area contributed by atoms with Gasteiger partial charge in [0.15, 0.2) is 11.6 Å². The van der Waals surface area contributed by atoms with Gasteiger partial charge in [-0.05, 0) is 35.9 Å². The molecule has 0 aliphatic rings. The van der Waals surface area contributed by atoms with Gasteiger partial charge in [-0.2, -0.15) is 0 Å². The summed E-state index contributed by atoms with van der Waals surface area (Å²) in [6.07, 6.45) is 1.80. The summed E-state index contributed by atoms with van der Waals surface area (Å²) in [6.45, 7) is 0.479. The van der Waals surface area contributed by atoms with Crippen molar-refractivity contribution in [1.29, 1.82) is 0 Å². The Morgan fingerprint density at radius 2 is 1.02 bits per heavy atom. The van der Waals surface area contributed by atoms with Gasteiger partial charge < -0.3 is 4.74 Å². The summed E-state index contributed by atoms with van der Waals surface area (Å²) in [5.74, 6) is 2.08. The Bertz CT molecular complexity index is 1950. The first-order chi connectivity index (χ1) is 21.8. The van der Waals surface area contributed by atoms with Crippen molar-refractivity contribution in [3.05, 3.63) is 163 Å². The molecule has 44 heavy (non-hydrogen) atoms. The minimum absolute atomic E-state index is 0.479. The fourth-order valence-electron chi connectivity index (χ4n) is 5.07. The molecule has 5 heteroatoms. The van der Waals surface area contributed by atoms with Crippen LogP contribution in [0.2, 0.25) is 0 Å². The Hall–Kier alpha value is -5.94. The van der Waals surface area contributed by atoms with E-state index in [1.54, 1.807) is 6.20 Å². The van der Waals surface area contributed by atoms with Crippen LogP contribution in [0.4, 0.5) is 0 Å². The van der Waals surface area contributed by atoms with E-state index < -0.39 is 0 Å². The highest BCUT2D eigenvalue weighted by atomic mass is 16.5. The number of para-hydroxylation sites is 1. The smallest absolute Gasteiger partial charge is 0.160 e. The van der Waals surface area contributed by atoms with Crippen molar-refractivity contribution in [2.45, 2.75) is 6.61 Å². The van der Waals surface area contributed by atoms with Gasteiger partial charge in [-0.25, -0.2) is 19.9 Å². The molecule has 0 saturated heterocycles. The molecule has 0 amide bonds. The third-order valence-corrected chi connectivity index (χ3v) is 7.30. The molecular formula is C39H28N4O. The fraction of sp³-hybridized carbons (Fsp3) is 0.0256. The van der Waals surface area contributed by atoms with E-state index in [0.717, 1.165) is 56.2 Å². The van der Waals surface area contributed by atoms with Crippen molar-refractivity contribution in [2.75, 3.05) is 0 Å². The number of ether oxygens (including phenoxy) is 1. The molecule has 5 aromatic carbocycles. The van der Waals surface area contributed by atoms with Crippen LogP contribution in [0, 0.1) is 0 Å². The van der Waals surface area contributed by atoms with Crippen LogP contribution in [0.25, 0.3) is 56.5 Å². The molecule has 2 aromatic heterocycles. The molecule has 5 nitrogen and oxygen atoms in total. The summed E-state index contributed by atoms with van der Waals surface area (Å²) < 4.78 is 6.22. The molecule has 0 spiro atoms. The Labute approximate surface area is 256 Å². The van der Waals surface area contributed by atoms with Crippen LogP contribution in [0.3, 0.4) is 0 Å². The summed E-state index contributed by atoms with van der Waals surface area (Å²) in [4.78, 5) is 19.5. The Kier molecular flexibility index (Phi) is 7.66. The zero-order valence-electron chi connectivity index (χ0n) is 23.9. The number of benzene rings is 5. The van der Waals surface area contributed by atoms with Crippen molar-refractivity contribution in [1.82, 2.24) is 19.9 Å². The van der Waals surface area contributed by atoms with E-state index in [9.17, 15) is 0 Å². The van der Waals surface area contributed by atoms with Gasteiger partial charge in [0.05, 0.1) is 17.1 Å². The second-order valence-corrected chi connectivity index (χ2v) is 10.3. The third kappa shape index (κ3) is 5.98. The van der Waals surface area contributed by atoms with E-state index in [0.29, 0.717) is 18.3 Å². The molecule has 0 aliphatic carbocycles. The first-order valence-electron chi connectivity index (χ1n) is 14.5. The van der Waals surface area contributed by atoms with Gasteiger partial charge in [-0.3, -0.25) is 0 Å². The van der Waals surface area contributed by atoms with Gasteiger partial charge in [-0.1, -0.05) is 121 Å². The molecule has 0 aliphatic heterocycles. The van der Waals surface area contributed by atoms with Crippen molar-refractivity contribution in [2.24, 2.45) is 0 Å². The van der Waals surface area contributed by atoms with E-state index in [-0.39, 0.29) is 0 Å². The average molecular weight is 569 g/mol. The van der Waals surface area contributed by atoms with Gasteiger partial charge >= 0.3 is 0 Å². The number of aromatic nitrogens is 4. The number of rotatable bonds is 8. The lowest BCUT2D eigenvalue weighted by molar-refractivity contribution is 0.307. The minimum Gasteiger partial charge on any atom is -0.488 e. The predicted octanol–water partition coefficient (Wildman–Crippen LogP) is 9.18. The summed E-state index contributed by atoms with van der Waals surface area (Å²) >= 11 is 0. The zero-order valence-corrected chi connectivity index (χ0v) is 23.9. The van der Waals surface area contributed by atoms with Crippen molar-refractivity contribution in [3.8, 4) is 62.3 Å². The quantitative estimate of drug-likeness (QED) is 0.183. The van der Waals surface area contributed by atoms with Crippen LogP contribution in [-0.2, 0) is 6.61 Å². The molecular weight excluding hydrogens is 540 g/mol. The molecule has 0 radical (unpaired) electrons. The van der Waals surface area contributed by atoms with Gasteiger partial charge in [0.25, 0.3) is 0 Å². The number of hydrogen-bond acceptors (Lipinski definition) is 5. The molecule has 0 atom stereocenters. The molecule has 2 heterocycles. The highest BCUT2D eigenvalue weighted by molar-refractivity contribution is 5.75. The first-order valence-corrected chi connectivity index (χ1v) is 14.5. The molecule has 210 valence electrons. The number of nitrogens with zero attached hydrogens (tertiary/aromatic N) is 4. The molecule has 7 rings (SSSR count). The van der Waals surface area contributed by atoms with Crippen molar-refractivity contribution in [3.63, 3.8) is 0 Å². The van der Waals surface area contributed by atoms with Crippen LogP contribution in [-0.4, -0.2) is 19.9 Å². The van der Waals surface area contributed by atoms with Crippen LogP contribution >= 0.6 is 0 Å². The van der Waals surface area contributed by atoms with E-state index in [1.807, 2.05) is 115 Å². The maximum atomic E-state index is 6.22. The lowest BCUT2D eigenvalue weighted by Crippen LogP contribution is -1.98. The van der Waals surface area contributed by atoms with Crippen molar-refractivity contribution >= 4 is 0 Å². The molecule has 0 bridgehead atoms. The van der Waals surface area contributed by atoms with E-state index in [4.69, 9.17) is 19.7 Å². The minimum atomic E-state index is 0.479. The Morgan fingerprint density at radius 1 is 0.432 bits per heavy atom. The Balaban J connectivity index is 1.24. The van der Waals surface area contributed by atoms with Gasteiger partial charge in [0.1, 0.15) is 12.4 Å². The normalized spacial score (nSPS) is 10.8. The predicted molar refractivity (Wildman–Crippen MR) is 176 cm³/mol. The van der Waals surface area contributed by atoms with Crippen LogP contribution < -0.4 is 4.74 Å². The van der Waals surface area contributed by atoms with Crippen LogP contribution in [0.5, 0.6) is 5.75 Å². The number of hydrogen-bond donors (Lipinski definition) is 0. The highest BCUT2D eigenvalue weighted by Crippen LogP contribution is 2.32. The summed E-state index contributed by atoms with van der Waals surface area (Å²) in [6, 6.07) is 50.5. The van der Waals surface area contributed by atoms with Gasteiger partial charge in [0, 0.05) is 34.0 Å². The van der Waals surface area contributed by atoms with E-state index in [2.05, 4.69) is 41.4 Å². The molecule has 7 aromatic rings. The van der Waals surface area contributed by atoms with Crippen LogP contribution in [0.1, 0.15) is 5.56 Å². The van der Waals surface area contributed by atoms with E-state index in [1.165, 1.54) is 0 Å². The highest BCUT2D eigenvalue weighted by Gasteiger charge is 2.13. The van der Waals surface area contributed by atoms with Crippen molar-refractivity contribution < 1.29 is 4.74 Å². The fourth-order valence-corrected chi connectivity index (χ4v) is 5.07. The second-order valence-electron chi connectivity index (χ2n) is 10.3. The summed E-state index contributed by atoms with van der Waals surface area (Å²) in [5, 5.41) is 0. The lowest BCUT2D eigenvalue weighted by atomic mass is 10.0. The van der Waals surface area contributed by atoms with E-state index >= 15 is 0 Å². The SMILES string of the molecule is c1ccc(COc2ccccc2-c2ccnc(-c3cccc(-c4cc(-c5ccccc5)nc(-c5ccccc5)n4)c3)n2)cc1. The standard InChI is InChI=1S/C39H28N4O/c1-4-13-28(14-5-1)27-44-37-22-11-10-21-33(37)34-23-24-40-38(41-34)32-20-12-19-31(25-32)36-26-35(29-15-6-2-7-16-29)42-39(43-36)30-17-8-3-9-18-30/h1-26H,27H2. The molecule has 0 fully saturated rings. The monoisotopic (exact) mass is 568 g/mol. The third-order valence-electron chi connectivity index (χ3n) is 7.30. The second kappa shape index (κ2) is 12.5. The first kappa shape index (κ1) is 26.9. The molecule has 0 N–H and O–H groups in total. The zero-order chi connectivity index (χ0) is 29.6. The average Bonchev–Trinajstić information content (AvgIpc) is 3.12. The molecule has 0 saturated carbocycles. The Morgan fingerprint density at radius 3 is 1.80 bits per heavy atom. The summed E-state index contributed by atoms with van der Waals surface area (Å²) in [7, 11) is 0. The lowest BCUT2D eigenvalue weighted by Gasteiger charge is -2.12.